The van der Waals surface area contributed by atoms with Gasteiger partial charge in [-0.1, -0.05) is 6.92 Å². The third kappa shape index (κ3) is 3.21. The first-order valence-corrected chi connectivity index (χ1v) is 4.54. The monoisotopic (exact) mass is 157 g/mol. The van der Waals surface area contributed by atoms with E-state index in [4.69, 9.17) is 4.74 Å². The summed E-state index contributed by atoms with van der Waals surface area (Å²) in [4.78, 5) is 2.53. The molecule has 1 aliphatic heterocycles. The van der Waals surface area contributed by atoms with Gasteiger partial charge in [0.05, 0.1) is 0 Å². The lowest BCUT2D eigenvalue weighted by atomic mass is 10.2. The molecule has 0 aliphatic carbocycles. The van der Waals surface area contributed by atoms with Crippen LogP contribution in [0.2, 0.25) is 0 Å². The van der Waals surface area contributed by atoms with Crippen molar-refractivity contribution >= 4 is 0 Å². The van der Waals surface area contributed by atoms with Gasteiger partial charge in [-0.25, -0.2) is 0 Å². The molecule has 1 atom stereocenters. The van der Waals surface area contributed by atoms with E-state index in [1.165, 1.54) is 32.5 Å². The normalized spacial score (nSPS) is 26.2. The molecule has 1 heterocycles. The van der Waals surface area contributed by atoms with Crippen LogP contribution in [0.4, 0.5) is 0 Å². The summed E-state index contributed by atoms with van der Waals surface area (Å²) in [5.74, 6) is 0.914. The Bertz CT molecular complexity index is 106. The van der Waals surface area contributed by atoms with Crippen molar-refractivity contribution < 1.29 is 4.74 Å². The topological polar surface area (TPSA) is 12.5 Å². The molecule has 0 radical (unpaired) electrons. The lowest BCUT2D eigenvalue weighted by Gasteiger charge is -2.13. The molecule has 2 heteroatoms. The van der Waals surface area contributed by atoms with Crippen molar-refractivity contribution in [2.75, 3.05) is 33.4 Å². The largest absolute Gasteiger partial charge is 0.385 e. The van der Waals surface area contributed by atoms with Crippen molar-refractivity contribution in [3.8, 4) is 0 Å². The first-order chi connectivity index (χ1) is 5.33. The molecule has 11 heavy (non-hydrogen) atoms. The van der Waals surface area contributed by atoms with E-state index in [0.717, 1.165) is 12.5 Å². The molecule has 0 amide bonds. The Morgan fingerprint density at radius 2 is 2.36 bits per heavy atom. The Balaban J connectivity index is 1.99. The maximum Gasteiger partial charge on any atom is 0.0474 e. The molecule has 0 bridgehead atoms. The summed E-state index contributed by atoms with van der Waals surface area (Å²) in [5, 5.41) is 0. The minimum Gasteiger partial charge on any atom is -0.385 e. The molecule has 66 valence electrons. The van der Waals surface area contributed by atoms with E-state index in [-0.39, 0.29) is 0 Å². The maximum atomic E-state index is 5.00. The molecule has 0 saturated carbocycles. The van der Waals surface area contributed by atoms with Gasteiger partial charge in [0.25, 0.3) is 0 Å². The summed E-state index contributed by atoms with van der Waals surface area (Å²) >= 11 is 0. The van der Waals surface area contributed by atoms with Gasteiger partial charge in [-0.2, -0.15) is 0 Å². The smallest absolute Gasteiger partial charge is 0.0474 e. The van der Waals surface area contributed by atoms with Crippen molar-refractivity contribution in [3.05, 3.63) is 0 Å². The van der Waals surface area contributed by atoms with Gasteiger partial charge in [-0.3, -0.25) is 0 Å². The molecule has 0 spiro atoms. The van der Waals surface area contributed by atoms with Gasteiger partial charge in [0.15, 0.2) is 0 Å². The van der Waals surface area contributed by atoms with E-state index in [0.29, 0.717) is 0 Å². The number of nitrogens with zero attached hydrogens (tertiary/aromatic N) is 1. The summed E-state index contributed by atoms with van der Waals surface area (Å²) in [6.07, 6.45) is 2.57. The lowest BCUT2D eigenvalue weighted by molar-refractivity contribution is 0.178. The molecule has 1 saturated heterocycles. The Hall–Kier alpha value is -0.0800. The fourth-order valence-corrected chi connectivity index (χ4v) is 1.66. The van der Waals surface area contributed by atoms with Crippen molar-refractivity contribution in [2.24, 2.45) is 5.92 Å². The second kappa shape index (κ2) is 4.73. The van der Waals surface area contributed by atoms with Crippen molar-refractivity contribution in [1.29, 1.82) is 0 Å². The van der Waals surface area contributed by atoms with Crippen LogP contribution in [0.25, 0.3) is 0 Å². The third-order valence-electron chi connectivity index (χ3n) is 2.33. The Labute approximate surface area is 69.5 Å². The molecule has 1 rings (SSSR count). The highest BCUT2D eigenvalue weighted by molar-refractivity contribution is 4.71. The van der Waals surface area contributed by atoms with Crippen LogP contribution in [0, 0.1) is 5.92 Å². The second-order valence-electron chi connectivity index (χ2n) is 3.54. The summed E-state index contributed by atoms with van der Waals surface area (Å²) < 4.78 is 5.00. The Kier molecular flexibility index (Phi) is 3.87. The minimum atomic E-state index is 0.908. The highest BCUT2D eigenvalue weighted by Crippen LogP contribution is 2.14. The zero-order valence-corrected chi connectivity index (χ0v) is 7.68. The van der Waals surface area contributed by atoms with E-state index in [2.05, 4.69) is 11.8 Å². The molecule has 0 aromatic rings. The molecular formula is C9H19NO. The molecule has 0 aromatic heterocycles. The quantitative estimate of drug-likeness (QED) is 0.571. The van der Waals surface area contributed by atoms with Crippen LogP contribution < -0.4 is 0 Å². The molecule has 1 aliphatic rings. The van der Waals surface area contributed by atoms with Crippen LogP contribution in [0.3, 0.4) is 0 Å². The van der Waals surface area contributed by atoms with Gasteiger partial charge in [0.1, 0.15) is 0 Å². The van der Waals surface area contributed by atoms with E-state index in [1.54, 1.807) is 7.11 Å². The van der Waals surface area contributed by atoms with E-state index < -0.39 is 0 Å². The zero-order valence-electron chi connectivity index (χ0n) is 7.68. The van der Waals surface area contributed by atoms with Crippen LogP contribution in [0.5, 0.6) is 0 Å². The molecule has 1 fully saturated rings. The van der Waals surface area contributed by atoms with Crippen LogP contribution in [0.1, 0.15) is 19.8 Å². The Morgan fingerprint density at radius 3 is 2.91 bits per heavy atom. The third-order valence-corrected chi connectivity index (χ3v) is 2.33. The average Bonchev–Trinajstić information content (AvgIpc) is 2.37. The SMILES string of the molecule is COCCCN1CC[C@@H](C)C1. The molecule has 2 nitrogen and oxygen atoms in total. The van der Waals surface area contributed by atoms with Gasteiger partial charge in [-0.15, -0.1) is 0 Å². The predicted octanol–water partition coefficient (Wildman–Crippen LogP) is 1.36. The van der Waals surface area contributed by atoms with Gasteiger partial charge in [0.2, 0.25) is 0 Å². The lowest BCUT2D eigenvalue weighted by Crippen LogP contribution is -2.22. The standard InChI is InChI=1S/C9H19NO/c1-9-4-6-10(8-9)5-3-7-11-2/h9H,3-8H2,1-2H3/t9-/m1/s1. The van der Waals surface area contributed by atoms with Crippen LogP contribution in [0.15, 0.2) is 0 Å². The highest BCUT2D eigenvalue weighted by atomic mass is 16.5. The first kappa shape index (κ1) is 9.01. The van der Waals surface area contributed by atoms with Gasteiger partial charge in [0, 0.05) is 26.8 Å². The van der Waals surface area contributed by atoms with E-state index in [1.807, 2.05) is 0 Å². The van der Waals surface area contributed by atoms with Crippen LogP contribution in [-0.4, -0.2) is 38.3 Å². The Morgan fingerprint density at radius 1 is 1.55 bits per heavy atom. The summed E-state index contributed by atoms with van der Waals surface area (Å²) in [5.41, 5.74) is 0. The molecule has 0 aromatic carbocycles. The summed E-state index contributed by atoms with van der Waals surface area (Å²) in [7, 11) is 1.77. The van der Waals surface area contributed by atoms with Crippen LogP contribution in [-0.2, 0) is 4.74 Å². The number of hydrogen-bond donors (Lipinski definition) is 0. The number of likely N-dealkylation sites (tertiary alicyclic amines) is 1. The van der Waals surface area contributed by atoms with Crippen molar-refractivity contribution in [2.45, 2.75) is 19.8 Å². The van der Waals surface area contributed by atoms with Crippen molar-refractivity contribution in [1.82, 2.24) is 4.90 Å². The number of rotatable bonds is 4. The van der Waals surface area contributed by atoms with Gasteiger partial charge in [-0.05, 0) is 25.3 Å². The fourth-order valence-electron chi connectivity index (χ4n) is 1.66. The van der Waals surface area contributed by atoms with Crippen LogP contribution >= 0.6 is 0 Å². The predicted molar refractivity (Wildman–Crippen MR) is 46.7 cm³/mol. The minimum absolute atomic E-state index is 0.908. The molecular weight excluding hydrogens is 138 g/mol. The molecule has 0 N–H and O–H groups in total. The average molecular weight is 157 g/mol. The number of methoxy groups -OCH3 is 1. The summed E-state index contributed by atoms with van der Waals surface area (Å²) in [6.45, 7) is 7.05. The maximum absolute atomic E-state index is 5.00. The number of hydrogen-bond acceptors (Lipinski definition) is 2. The summed E-state index contributed by atoms with van der Waals surface area (Å²) in [6, 6.07) is 0. The first-order valence-electron chi connectivity index (χ1n) is 4.54. The highest BCUT2D eigenvalue weighted by Gasteiger charge is 2.17. The van der Waals surface area contributed by atoms with E-state index in [9.17, 15) is 0 Å². The fraction of sp³-hybridized carbons (Fsp3) is 1.00. The number of ether oxygens (including phenoxy) is 1. The van der Waals surface area contributed by atoms with Gasteiger partial charge >= 0.3 is 0 Å². The second-order valence-corrected chi connectivity index (χ2v) is 3.54. The van der Waals surface area contributed by atoms with Crippen molar-refractivity contribution in [3.63, 3.8) is 0 Å². The van der Waals surface area contributed by atoms with Gasteiger partial charge < -0.3 is 9.64 Å². The zero-order chi connectivity index (χ0) is 8.10. The molecule has 0 unspecified atom stereocenters. The van der Waals surface area contributed by atoms with E-state index >= 15 is 0 Å².